The maximum Gasteiger partial charge on any atom is 0.321 e. The van der Waals surface area contributed by atoms with E-state index in [1.165, 1.54) is 0 Å². The van der Waals surface area contributed by atoms with E-state index in [1.54, 1.807) is 55.1 Å². The van der Waals surface area contributed by atoms with Gasteiger partial charge in [-0.3, -0.25) is 9.78 Å². The maximum absolute atomic E-state index is 13.3. The van der Waals surface area contributed by atoms with Crippen LogP contribution in [0.4, 0.5) is 0 Å². The normalized spacial score (nSPS) is 15.5. The molecule has 3 heterocycles. The molecule has 1 aliphatic heterocycles. The van der Waals surface area contributed by atoms with E-state index in [0.717, 1.165) is 18.5 Å². The molecule has 1 fully saturated rings. The molecule has 2 aromatic carbocycles. The van der Waals surface area contributed by atoms with E-state index in [1.807, 2.05) is 35.2 Å². The zero-order valence-electron chi connectivity index (χ0n) is 18.4. The molecule has 0 radical (unpaired) electrons. The summed E-state index contributed by atoms with van der Waals surface area (Å²) in [6.07, 6.45) is 8.27. The Hall–Kier alpha value is -4.33. The standard InChI is InChI=1S/C26H23N5O3/c32-25(19-7-4-11-22(17-19)34-26-29-12-6-13-30-26)31-16-5-8-20(18-31)23-24(28-15-14-27-23)33-21-9-2-1-3-10-21/h1-4,6-7,9-15,17,20H,5,8,16,18H2. The SMILES string of the molecule is O=C(c1cccc(Oc2ncccn2)c1)N1CCCC(c2nccnc2Oc2ccccc2)C1. The summed E-state index contributed by atoms with van der Waals surface area (Å²) in [6.45, 7) is 1.22. The van der Waals surface area contributed by atoms with Gasteiger partial charge in [0.05, 0.1) is 0 Å². The monoisotopic (exact) mass is 453 g/mol. The average molecular weight is 454 g/mol. The van der Waals surface area contributed by atoms with Crippen molar-refractivity contribution in [3.63, 3.8) is 0 Å². The number of para-hydroxylation sites is 1. The highest BCUT2D eigenvalue weighted by Gasteiger charge is 2.29. The highest BCUT2D eigenvalue weighted by molar-refractivity contribution is 5.94. The molecule has 34 heavy (non-hydrogen) atoms. The fourth-order valence-electron chi connectivity index (χ4n) is 4.00. The lowest BCUT2D eigenvalue weighted by Crippen LogP contribution is -2.39. The lowest BCUT2D eigenvalue weighted by atomic mass is 9.94. The summed E-state index contributed by atoms with van der Waals surface area (Å²) in [4.78, 5) is 32.3. The second-order valence-corrected chi connectivity index (χ2v) is 7.91. The Morgan fingerprint density at radius 2 is 1.62 bits per heavy atom. The van der Waals surface area contributed by atoms with Gasteiger partial charge in [-0.25, -0.2) is 15.0 Å². The van der Waals surface area contributed by atoms with Crippen molar-refractivity contribution in [2.45, 2.75) is 18.8 Å². The fourth-order valence-corrected chi connectivity index (χ4v) is 4.00. The van der Waals surface area contributed by atoms with Crippen LogP contribution in [0.2, 0.25) is 0 Å². The van der Waals surface area contributed by atoms with Crippen LogP contribution in [0.1, 0.15) is 34.8 Å². The largest absolute Gasteiger partial charge is 0.437 e. The smallest absolute Gasteiger partial charge is 0.321 e. The Balaban J connectivity index is 1.32. The summed E-state index contributed by atoms with van der Waals surface area (Å²) in [7, 11) is 0. The molecular weight excluding hydrogens is 430 g/mol. The van der Waals surface area contributed by atoms with Gasteiger partial charge in [0, 0.05) is 49.4 Å². The number of carbonyl (C=O) groups is 1. The van der Waals surface area contributed by atoms with E-state index >= 15 is 0 Å². The molecule has 2 aromatic heterocycles. The summed E-state index contributed by atoms with van der Waals surface area (Å²) in [5.74, 6) is 1.66. The number of piperidine rings is 1. The van der Waals surface area contributed by atoms with Crippen LogP contribution in [0, 0.1) is 0 Å². The molecule has 1 saturated heterocycles. The van der Waals surface area contributed by atoms with Gasteiger partial charge in [-0.2, -0.15) is 0 Å². The zero-order valence-corrected chi connectivity index (χ0v) is 18.4. The number of aromatic nitrogens is 4. The van der Waals surface area contributed by atoms with E-state index in [4.69, 9.17) is 9.47 Å². The quantitative estimate of drug-likeness (QED) is 0.411. The molecule has 0 N–H and O–H groups in total. The van der Waals surface area contributed by atoms with Gasteiger partial charge >= 0.3 is 6.01 Å². The van der Waals surface area contributed by atoms with Crippen molar-refractivity contribution in [2.75, 3.05) is 13.1 Å². The molecule has 8 nitrogen and oxygen atoms in total. The summed E-state index contributed by atoms with van der Waals surface area (Å²) >= 11 is 0. The second kappa shape index (κ2) is 10.1. The first-order valence-corrected chi connectivity index (χ1v) is 11.1. The van der Waals surface area contributed by atoms with Crippen molar-refractivity contribution in [3.8, 4) is 23.4 Å². The molecule has 1 aliphatic rings. The number of hydrogen-bond donors (Lipinski definition) is 0. The first kappa shape index (κ1) is 21.5. The number of rotatable bonds is 6. The number of nitrogens with zero attached hydrogens (tertiary/aromatic N) is 5. The van der Waals surface area contributed by atoms with Crippen LogP contribution in [-0.4, -0.2) is 43.8 Å². The molecular formula is C26H23N5O3. The summed E-state index contributed by atoms with van der Waals surface area (Å²) < 4.78 is 11.7. The van der Waals surface area contributed by atoms with Gasteiger partial charge in [0.1, 0.15) is 17.2 Å². The van der Waals surface area contributed by atoms with Gasteiger partial charge in [-0.1, -0.05) is 24.3 Å². The molecule has 1 amide bonds. The lowest BCUT2D eigenvalue weighted by molar-refractivity contribution is 0.0704. The van der Waals surface area contributed by atoms with Gasteiger partial charge in [0.15, 0.2) is 0 Å². The van der Waals surface area contributed by atoms with Crippen LogP contribution in [0.5, 0.6) is 23.4 Å². The Kier molecular flexibility index (Phi) is 6.38. The number of amides is 1. The molecule has 4 aromatic rings. The maximum atomic E-state index is 13.3. The van der Waals surface area contributed by atoms with Crippen LogP contribution in [0.25, 0.3) is 0 Å². The topological polar surface area (TPSA) is 90.3 Å². The van der Waals surface area contributed by atoms with Gasteiger partial charge in [-0.15, -0.1) is 0 Å². The predicted octanol–water partition coefficient (Wildman–Crippen LogP) is 4.87. The average Bonchev–Trinajstić information content (AvgIpc) is 2.90. The van der Waals surface area contributed by atoms with Crippen LogP contribution < -0.4 is 9.47 Å². The Morgan fingerprint density at radius 1 is 0.824 bits per heavy atom. The fraction of sp³-hybridized carbons (Fsp3) is 0.192. The lowest BCUT2D eigenvalue weighted by Gasteiger charge is -2.33. The van der Waals surface area contributed by atoms with Crippen molar-refractivity contribution < 1.29 is 14.3 Å². The highest BCUT2D eigenvalue weighted by atomic mass is 16.5. The van der Waals surface area contributed by atoms with Gasteiger partial charge in [-0.05, 0) is 49.2 Å². The van der Waals surface area contributed by atoms with Gasteiger partial charge < -0.3 is 14.4 Å². The summed E-state index contributed by atoms with van der Waals surface area (Å²) in [6, 6.07) is 18.5. The molecule has 0 spiro atoms. The van der Waals surface area contributed by atoms with Crippen LogP contribution >= 0.6 is 0 Å². The molecule has 1 atom stereocenters. The third-order valence-electron chi connectivity index (χ3n) is 5.58. The molecule has 0 bridgehead atoms. The van der Waals surface area contributed by atoms with Crippen molar-refractivity contribution >= 4 is 5.91 Å². The van der Waals surface area contributed by atoms with Crippen molar-refractivity contribution in [1.29, 1.82) is 0 Å². The molecule has 170 valence electrons. The van der Waals surface area contributed by atoms with Crippen molar-refractivity contribution in [1.82, 2.24) is 24.8 Å². The van der Waals surface area contributed by atoms with E-state index in [-0.39, 0.29) is 17.8 Å². The van der Waals surface area contributed by atoms with Crippen molar-refractivity contribution in [3.05, 3.63) is 96.7 Å². The Bertz CT molecular complexity index is 1250. The van der Waals surface area contributed by atoms with Gasteiger partial charge in [0.2, 0.25) is 5.88 Å². The summed E-state index contributed by atoms with van der Waals surface area (Å²) in [5.41, 5.74) is 1.32. The minimum Gasteiger partial charge on any atom is -0.437 e. The van der Waals surface area contributed by atoms with Crippen LogP contribution in [-0.2, 0) is 0 Å². The summed E-state index contributed by atoms with van der Waals surface area (Å²) in [5, 5.41) is 0. The zero-order chi connectivity index (χ0) is 23.2. The van der Waals surface area contributed by atoms with E-state index in [0.29, 0.717) is 36.0 Å². The second-order valence-electron chi connectivity index (χ2n) is 7.91. The minimum atomic E-state index is -0.0569. The third kappa shape index (κ3) is 5.01. The van der Waals surface area contributed by atoms with Crippen LogP contribution in [0.15, 0.2) is 85.5 Å². The van der Waals surface area contributed by atoms with Gasteiger partial charge in [0.25, 0.3) is 5.91 Å². The molecule has 1 unspecified atom stereocenters. The predicted molar refractivity (Wildman–Crippen MR) is 125 cm³/mol. The minimum absolute atomic E-state index is 0.0299. The molecule has 5 rings (SSSR count). The molecule has 0 saturated carbocycles. The van der Waals surface area contributed by atoms with Crippen LogP contribution in [0.3, 0.4) is 0 Å². The van der Waals surface area contributed by atoms with E-state index in [2.05, 4.69) is 19.9 Å². The van der Waals surface area contributed by atoms with Crippen molar-refractivity contribution in [2.24, 2.45) is 0 Å². The number of likely N-dealkylation sites (tertiary alicyclic amines) is 1. The highest BCUT2D eigenvalue weighted by Crippen LogP contribution is 2.33. The number of hydrogen-bond acceptors (Lipinski definition) is 7. The number of benzene rings is 2. The Morgan fingerprint density at radius 3 is 2.47 bits per heavy atom. The first-order chi connectivity index (χ1) is 16.8. The number of carbonyl (C=O) groups excluding carboxylic acids is 1. The first-order valence-electron chi connectivity index (χ1n) is 11.1. The van der Waals surface area contributed by atoms with E-state index < -0.39 is 0 Å². The molecule has 8 heteroatoms. The molecule has 0 aliphatic carbocycles. The third-order valence-corrected chi connectivity index (χ3v) is 5.58. The Labute approximate surface area is 197 Å². The number of ether oxygens (including phenoxy) is 2. The van der Waals surface area contributed by atoms with E-state index in [9.17, 15) is 4.79 Å².